The highest BCUT2D eigenvalue weighted by atomic mass is 32.2. The largest absolute Gasteiger partial charge is 0.464 e. The number of Topliss-reactive ketones (excluding diaryl/α,β-unsaturated/α-hetero) is 1. The molecule has 0 spiro atoms. The molecule has 0 saturated heterocycles. The van der Waals surface area contributed by atoms with Gasteiger partial charge in [-0.25, -0.2) is 4.79 Å². The second-order valence-corrected chi connectivity index (χ2v) is 7.56. The number of esters is 1. The second-order valence-electron chi connectivity index (χ2n) is 4.72. The van der Waals surface area contributed by atoms with Gasteiger partial charge in [0.25, 0.3) is 0 Å². The Morgan fingerprint density at radius 3 is 1.70 bits per heavy atom. The predicted octanol–water partition coefficient (Wildman–Crippen LogP) is 4.42. The summed E-state index contributed by atoms with van der Waals surface area (Å²) in [6.45, 7) is 3.41. The minimum Gasteiger partial charge on any atom is -0.464 e. The van der Waals surface area contributed by atoms with E-state index in [4.69, 9.17) is 4.74 Å². The maximum atomic E-state index is 12.6. The molecule has 0 aliphatic heterocycles. The van der Waals surface area contributed by atoms with Gasteiger partial charge in [-0.15, -0.1) is 0 Å². The molecule has 0 radical (unpaired) electrons. The van der Waals surface area contributed by atoms with Gasteiger partial charge in [0.15, 0.2) is 5.78 Å². The molecule has 0 atom stereocenters. The highest BCUT2D eigenvalue weighted by Crippen LogP contribution is 2.47. The quantitative estimate of drug-likeness (QED) is 0.321. The summed E-state index contributed by atoms with van der Waals surface area (Å²) >= 11 is 2.45. The lowest BCUT2D eigenvalue weighted by Gasteiger charge is -2.27. The number of ketones is 1. The van der Waals surface area contributed by atoms with Gasteiger partial charge in [0.05, 0.1) is 6.61 Å². The van der Waals surface area contributed by atoms with Gasteiger partial charge in [0, 0.05) is 9.79 Å². The van der Waals surface area contributed by atoms with Crippen molar-refractivity contribution in [2.45, 2.75) is 27.7 Å². The smallest absolute Gasteiger partial charge is 0.341 e. The van der Waals surface area contributed by atoms with E-state index in [1.807, 2.05) is 60.7 Å². The van der Waals surface area contributed by atoms with Gasteiger partial charge in [-0.2, -0.15) is 0 Å². The molecule has 0 saturated carbocycles. The summed E-state index contributed by atoms with van der Waals surface area (Å²) in [6, 6.07) is 18.8. The Balaban J connectivity index is 2.42. The van der Waals surface area contributed by atoms with E-state index in [1.165, 1.54) is 30.4 Å². The average molecular weight is 346 g/mol. The molecule has 0 heterocycles. The molecular formula is C18H18O3S2. The Kier molecular flexibility index (Phi) is 6.30. The van der Waals surface area contributed by atoms with Crippen molar-refractivity contribution in [2.75, 3.05) is 6.61 Å². The molecule has 0 aromatic heterocycles. The molecule has 2 aromatic carbocycles. The van der Waals surface area contributed by atoms with Crippen molar-refractivity contribution in [3.63, 3.8) is 0 Å². The number of benzene rings is 2. The normalized spacial score (nSPS) is 11.0. The Morgan fingerprint density at radius 1 is 0.913 bits per heavy atom. The first-order valence-electron chi connectivity index (χ1n) is 7.25. The van der Waals surface area contributed by atoms with Gasteiger partial charge in [0.2, 0.25) is 4.08 Å². The standard InChI is InChI=1S/C18H18O3S2/c1-3-21-17(20)18(14(2)19,22-15-10-6-4-7-11-15)23-16-12-8-5-9-13-16/h4-13H,3H2,1-2H3. The van der Waals surface area contributed by atoms with Crippen LogP contribution in [0.15, 0.2) is 70.5 Å². The number of thioether (sulfide) groups is 2. The number of ether oxygens (including phenoxy) is 1. The summed E-state index contributed by atoms with van der Waals surface area (Å²) in [4.78, 5) is 26.8. The zero-order valence-electron chi connectivity index (χ0n) is 13.0. The van der Waals surface area contributed by atoms with Gasteiger partial charge in [-0.05, 0) is 38.1 Å². The van der Waals surface area contributed by atoms with Crippen LogP contribution in [-0.2, 0) is 14.3 Å². The lowest BCUT2D eigenvalue weighted by Crippen LogP contribution is -2.40. The maximum Gasteiger partial charge on any atom is 0.341 e. The Morgan fingerprint density at radius 2 is 1.35 bits per heavy atom. The fourth-order valence-electron chi connectivity index (χ4n) is 1.93. The summed E-state index contributed by atoms with van der Waals surface area (Å²) < 4.78 is 3.86. The van der Waals surface area contributed by atoms with E-state index in [0.717, 1.165) is 9.79 Å². The fraction of sp³-hybridized carbons (Fsp3) is 0.222. The van der Waals surface area contributed by atoms with Crippen LogP contribution in [0, 0.1) is 0 Å². The van der Waals surface area contributed by atoms with Crippen molar-refractivity contribution in [1.82, 2.24) is 0 Å². The molecule has 0 bridgehead atoms. The molecule has 23 heavy (non-hydrogen) atoms. The molecule has 2 aromatic rings. The summed E-state index contributed by atoms with van der Waals surface area (Å²) in [5, 5.41) is 0. The highest BCUT2D eigenvalue weighted by molar-refractivity contribution is 8.20. The number of carbonyl (C=O) groups excluding carboxylic acids is 2. The van der Waals surface area contributed by atoms with Crippen molar-refractivity contribution in [3.05, 3.63) is 60.7 Å². The molecule has 120 valence electrons. The van der Waals surface area contributed by atoms with E-state index in [2.05, 4.69) is 0 Å². The van der Waals surface area contributed by atoms with Crippen LogP contribution in [0.1, 0.15) is 13.8 Å². The van der Waals surface area contributed by atoms with Gasteiger partial charge < -0.3 is 4.74 Å². The minimum absolute atomic E-state index is 0.235. The van der Waals surface area contributed by atoms with E-state index in [9.17, 15) is 9.59 Å². The van der Waals surface area contributed by atoms with Crippen molar-refractivity contribution in [2.24, 2.45) is 0 Å². The molecule has 0 fully saturated rings. The van der Waals surface area contributed by atoms with Gasteiger partial charge in [0.1, 0.15) is 0 Å². The van der Waals surface area contributed by atoms with Gasteiger partial charge in [-0.3, -0.25) is 4.79 Å². The predicted molar refractivity (Wildman–Crippen MR) is 94.6 cm³/mol. The minimum atomic E-state index is -1.35. The van der Waals surface area contributed by atoms with Crippen LogP contribution in [0.5, 0.6) is 0 Å². The van der Waals surface area contributed by atoms with Crippen molar-refractivity contribution >= 4 is 35.3 Å². The topological polar surface area (TPSA) is 43.4 Å². The van der Waals surface area contributed by atoms with Gasteiger partial charge in [-0.1, -0.05) is 59.9 Å². The average Bonchev–Trinajstić information content (AvgIpc) is 2.56. The summed E-state index contributed by atoms with van der Waals surface area (Å²) in [5.74, 6) is -0.756. The third-order valence-electron chi connectivity index (χ3n) is 3.02. The van der Waals surface area contributed by atoms with Crippen LogP contribution in [0.3, 0.4) is 0 Å². The first-order valence-corrected chi connectivity index (χ1v) is 8.88. The monoisotopic (exact) mass is 346 g/mol. The molecule has 0 N–H and O–H groups in total. The van der Waals surface area contributed by atoms with Crippen LogP contribution in [-0.4, -0.2) is 22.4 Å². The van der Waals surface area contributed by atoms with E-state index in [-0.39, 0.29) is 12.4 Å². The van der Waals surface area contributed by atoms with Crippen LogP contribution < -0.4 is 0 Å². The SMILES string of the molecule is CCOC(=O)C(Sc1ccccc1)(Sc1ccccc1)C(C)=O. The molecule has 5 heteroatoms. The maximum absolute atomic E-state index is 12.6. The molecular weight excluding hydrogens is 328 g/mol. The molecule has 0 aliphatic carbocycles. The van der Waals surface area contributed by atoms with E-state index < -0.39 is 10.0 Å². The van der Waals surface area contributed by atoms with Crippen LogP contribution in [0.2, 0.25) is 0 Å². The zero-order chi connectivity index (χ0) is 16.7. The molecule has 0 unspecified atom stereocenters. The van der Waals surface area contributed by atoms with Crippen molar-refractivity contribution in [3.8, 4) is 0 Å². The first-order chi connectivity index (χ1) is 11.1. The molecule has 2 rings (SSSR count). The van der Waals surface area contributed by atoms with E-state index in [0.29, 0.717) is 0 Å². The zero-order valence-corrected chi connectivity index (χ0v) is 14.7. The Hall–Kier alpha value is -1.72. The number of carbonyl (C=O) groups is 2. The van der Waals surface area contributed by atoms with Crippen LogP contribution in [0.25, 0.3) is 0 Å². The van der Waals surface area contributed by atoms with Crippen LogP contribution in [0.4, 0.5) is 0 Å². The van der Waals surface area contributed by atoms with Crippen LogP contribution >= 0.6 is 23.5 Å². The Labute approximate surface area is 144 Å². The Bertz CT molecular complexity index is 615. The van der Waals surface area contributed by atoms with Crippen molar-refractivity contribution in [1.29, 1.82) is 0 Å². The van der Waals surface area contributed by atoms with Gasteiger partial charge >= 0.3 is 5.97 Å². The third kappa shape index (κ3) is 4.39. The summed E-state index contributed by atoms with van der Waals surface area (Å²) in [5.41, 5.74) is 0. The number of hydrogen-bond acceptors (Lipinski definition) is 5. The fourth-order valence-corrected chi connectivity index (χ4v) is 4.49. The summed E-state index contributed by atoms with van der Waals surface area (Å²) in [6.07, 6.45) is 0. The molecule has 0 amide bonds. The first kappa shape index (κ1) is 17.6. The molecule has 0 aliphatic rings. The number of hydrogen-bond donors (Lipinski definition) is 0. The summed E-state index contributed by atoms with van der Waals surface area (Å²) in [7, 11) is 0. The second kappa shape index (κ2) is 8.22. The third-order valence-corrected chi connectivity index (χ3v) is 6.02. The lowest BCUT2D eigenvalue weighted by molar-refractivity contribution is -0.145. The van der Waals surface area contributed by atoms with E-state index >= 15 is 0 Å². The van der Waals surface area contributed by atoms with Crippen molar-refractivity contribution < 1.29 is 14.3 Å². The number of rotatable bonds is 7. The molecule has 3 nitrogen and oxygen atoms in total. The highest BCUT2D eigenvalue weighted by Gasteiger charge is 2.47. The lowest BCUT2D eigenvalue weighted by atomic mass is 10.3. The van der Waals surface area contributed by atoms with E-state index in [1.54, 1.807) is 6.92 Å².